The van der Waals surface area contributed by atoms with Gasteiger partial charge in [0.15, 0.2) is 5.13 Å². The molecule has 176 valence electrons. The molecule has 0 bridgehead atoms. The van der Waals surface area contributed by atoms with E-state index in [1.54, 1.807) is 7.11 Å². The van der Waals surface area contributed by atoms with E-state index in [1.807, 2.05) is 83.8 Å². The van der Waals surface area contributed by atoms with E-state index in [4.69, 9.17) is 9.72 Å². The molecule has 34 heavy (non-hydrogen) atoms. The summed E-state index contributed by atoms with van der Waals surface area (Å²) in [6.45, 7) is 7.52. The van der Waals surface area contributed by atoms with Gasteiger partial charge in [0.25, 0.3) is 0 Å². The van der Waals surface area contributed by atoms with Gasteiger partial charge in [0.2, 0.25) is 5.91 Å². The molecule has 0 aliphatic rings. The third-order valence-corrected chi connectivity index (χ3v) is 7.18. The lowest BCUT2D eigenvalue weighted by molar-refractivity contribution is -0.119. The summed E-state index contributed by atoms with van der Waals surface area (Å²) in [6.07, 6.45) is 0. The normalized spacial score (nSPS) is 11.3. The standard InChI is InChI=1S/C28H31N3O2S/c1-4-30(5-2)19-20-31(28-29-26-23(33-3)17-12-18-24(26)34-28)27(32)25(21-13-8-6-9-14-21)22-15-10-7-11-16-22/h6-18,25H,4-5,19-20H2,1-3H3. The largest absolute Gasteiger partial charge is 0.494 e. The minimum absolute atomic E-state index is 0.0302. The topological polar surface area (TPSA) is 45.7 Å². The Hall–Kier alpha value is -3.22. The second-order valence-electron chi connectivity index (χ2n) is 8.07. The number of methoxy groups -OCH3 is 1. The van der Waals surface area contributed by atoms with Crippen LogP contribution in [0.4, 0.5) is 5.13 Å². The Morgan fingerprint density at radius 1 is 0.882 bits per heavy atom. The number of aromatic nitrogens is 1. The predicted molar refractivity (Wildman–Crippen MR) is 141 cm³/mol. The lowest BCUT2D eigenvalue weighted by Crippen LogP contribution is -2.41. The van der Waals surface area contributed by atoms with Crippen LogP contribution in [0.15, 0.2) is 78.9 Å². The maximum Gasteiger partial charge on any atom is 0.240 e. The number of para-hydroxylation sites is 1. The van der Waals surface area contributed by atoms with Crippen molar-refractivity contribution in [2.24, 2.45) is 0 Å². The van der Waals surface area contributed by atoms with Gasteiger partial charge in [-0.2, -0.15) is 0 Å². The molecule has 1 amide bonds. The highest BCUT2D eigenvalue weighted by molar-refractivity contribution is 7.22. The number of fused-ring (bicyclic) bond motifs is 1. The lowest BCUT2D eigenvalue weighted by Gasteiger charge is -2.28. The Morgan fingerprint density at radius 2 is 1.50 bits per heavy atom. The van der Waals surface area contributed by atoms with Gasteiger partial charge in [-0.3, -0.25) is 9.69 Å². The molecule has 0 aliphatic carbocycles. The number of carbonyl (C=O) groups excluding carboxylic acids is 1. The van der Waals surface area contributed by atoms with Gasteiger partial charge in [0, 0.05) is 13.1 Å². The van der Waals surface area contributed by atoms with E-state index in [-0.39, 0.29) is 5.91 Å². The molecule has 0 saturated carbocycles. The fourth-order valence-electron chi connectivity index (χ4n) is 4.20. The van der Waals surface area contributed by atoms with Gasteiger partial charge in [-0.05, 0) is 36.3 Å². The van der Waals surface area contributed by atoms with Crippen molar-refractivity contribution in [3.63, 3.8) is 0 Å². The summed E-state index contributed by atoms with van der Waals surface area (Å²) in [5, 5.41) is 0.702. The van der Waals surface area contributed by atoms with Crippen LogP contribution in [0.3, 0.4) is 0 Å². The summed E-state index contributed by atoms with van der Waals surface area (Å²) < 4.78 is 6.54. The van der Waals surface area contributed by atoms with Gasteiger partial charge < -0.3 is 9.64 Å². The molecular formula is C28H31N3O2S. The van der Waals surface area contributed by atoms with Crippen molar-refractivity contribution in [3.8, 4) is 5.75 Å². The molecule has 4 rings (SSSR count). The SMILES string of the molecule is CCN(CC)CCN(C(=O)C(c1ccccc1)c1ccccc1)c1nc2c(OC)cccc2s1. The molecule has 0 atom stereocenters. The first-order valence-corrected chi connectivity index (χ1v) is 12.5. The first kappa shape index (κ1) is 23.9. The van der Waals surface area contributed by atoms with Crippen molar-refractivity contribution in [3.05, 3.63) is 90.0 Å². The van der Waals surface area contributed by atoms with Crippen LogP contribution in [-0.4, -0.2) is 49.1 Å². The zero-order valence-corrected chi connectivity index (χ0v) is 20.8. The van der Waals surface area contributed by atoms with Gasteiger partial charge in [0.1, 0.15) is 11.3 Å². The highest BCUT2D eigenvalue weighted by Gasteiger charge is 2.30. The molecule has 0 radical (unpaired) electrons. The molecule has 0 fully saturated rings. The van der Waals surface area contributed by atoms with Crippen molar-refractivity contribution < 1.29 is 9.53 Å². The van der Waals surface area contributed by atoms with E-state index in [0.29, 0.717) is 11.7 Å². The zero-order valence-electron chi connectivity index (χ0n) is 20.0. The molecule has 1 heterocycles. The minimum atomic E-state index is -0.409. The number of amides is 1. The maximum atomic E-state index is 14.3. The van der Waals surface area contributed by atoms with Gasteiger partial charge in [0.05, 0.1) is 17.7 Å². The number of anilines is 1. The first-order valence-electron chi connectivity index (χ1n) is 11.7. The fourth-order valence-corrected chi connectivity index (χ4v) is 5.21. The number of hydrogen-bond donors (Lipinski definition) is 0. The molecule has 4 aromatic rings. The number of benzene rings is 3. The molecular weight excluding hydrogens is 442 g/mol. The predicted octanol–water partition coefficient (Wildman–Crippen LogP) is 5.81. The van der Waals surface area contributed by atoms with Crippen LogP contribution < -0.4 is 9.64 Å². The van der Waals surface area contributed by atoms with Crippen LogP contribution in [0.5, 0.6) is 5.75 Å². The average Bonchev–Trinajstić information content (AvgIpc) is 3.32. The van der Waals surface area contributed by atoms with Gasteiger partial charge in [-0.1, -0.05) is 91.9 Å². The number of hydrogen-bond acceptors (Lipinski definition) is 5. The van der Waals surface area contributed by atoms with Crippen LogP contribution >= 0.6 is 11.3 Å². The van der Waals surface area contributed by atoms with Gasteiger partial charge in [-0.15, -0.1) is 0 Å². The Labute approximate surface area is 205 Å². The molecule has 3 aromatic carbocycles. The third-order valence-electron chi connectivity index (χ3n) is 6.13. The Balaban J connectivity index is 1.79. The molecule has 0 saturated heterocycles. The van der Waals surface area contributed by atoms with Crippen LogP contribution in [-0.2, 0) is 4.79 Å². The fraction of sp³-hybridized carbons (Fsp3) is 0.286. The second kappa shape index (κ2) is 11.3. The molecule has 0 aliphatic heterocycles. The minimum Gasteiger partial charge on any atom is -0.494 e. The maximum absolute atomic E-state index is 14.3. The van der Waals surface area contributed by atoms with Gasteiger partial charge >= 0.3 is 0 Å². The molecule has 1 aromatic heterocycles. The number of carbonyl (C=O) groups is 1. The number of nitrogens with zero attached hydrogens (tertiary/aromatic N) is 3. The number of rotatable bonds is 10. The summed E-state index contributed by atoms with van der Waals surface area (Å²) in [5.41, 5.74) is 2.75. The van der Waals surface area contributed by atoms with E-state index in [2.05, 4.69) is 18.7 Å². The lowest BCUT2D eigenvalue weighted by atomic mass is 9.90. The molecule has 5 nitrogen and oxygen atoms in total. The van der Waals surface area contributed by atoms with E-state index in [0.717, 1.165) is 46.7 Å². The van der Waals surface area contributed by atoms with Gasteiger partial charge in [-0.25, -0.2) is 4.98 Å². The average molecular weight is 474 g/mol. The molecule has 0 N–H and O–H groups in total. The van der Waals surface area contributed by atoms with Crippen molar-refractivity contribution >= 4 is 32.6 Å². The van der Waals surface area contributed by atoms with Crippen molar-refractivity contribution in [2.45, 2.75) is 19.8 Å². The number of likely N-dealkylation sites (N-methyl/N-ethyl adjacent to an activating group) is 1. The Morgan fingerprint density at radius 3 is 2.06 bits per heavy atom. The summed E-state index contributed by atoms with van der Waals surface area (Å²) >= 11 is 1.53. The van der Waals surface area contributed by atoms with Crippen molar-refractivity contribution in [2.75, 3.05) is 38.2 Å². The van der Waals surface area contributed by atoms with Crippen molar-refractivity contribution in [1.82, 2.24) is 9.88 Å². The Bertz CT molecular complexity index is 1170. The number of thiazole rings is 1. The van der Waals surface area contributed by atoms with Crippen LogP contribution in [0.1, 0.15) is 30.9 Å². The molecule has 0 unspecified atom stereocenters. The third kappa shape index (κ3) is 5.13. The summed E-state index contributed by atoms with van der Waals surface area (Å²) in [5.74, 6) is 0.342. The summed E-state index contributed by atoms with van der Waals surface area (Å²) in [7, 11) is 1.65. The van der Waals surface area contributed by atoms with E-state index >= 15 is 0 Å². The first-order chi connectivity index (χ1) is 16.7. The van der Waals surface area contributed by atoms with E-state index in [9.17, 15) is 4.79 Å². The summed E-state index contributed by atoms with van der Waals surface area (Å²) in [4.78, 5) is 23.4. The van der Waals surface area contributed by atoms with E-state index < -0.39 is 5.92 Å². The highest BCUT2D eigenvalue weighted by atomic mass is 32.1. The molecule has 6 heteroatoms. The van der Waals surface area contributed by atoms with Crippen LogP contribution in [0.2, 0.25) is 0 Å². The number of ether oxygens (including phenoxy) is 1. The molecule has 0 spiro atoms. The second-order valence-corrected chi connectivity index (χ2v) is 9.08. The van der Waals surface area contributed by atoms with Crippen LogP contribution in [0, 0.1) is 0 Å². The smallest absolute Gasteiger partial charge is 0.240 e. The van der Waals surface area contributed by atoms with E-state index in [1.165, 1.54) is 11.3 Å². The monoisotopic (exact) mass is 473 g/mol. The highest BCUT2D eigenvalue weighted by Crippen LogP contribution is 2.36. The van der Waals surface area contributed by atoms with Crippen molar-refractivity contribution in [1.29, 1.82) is 0 Å². The zero-order chi connectivity index (χ0) is 23.9. The Kier molecular flexibility index (Phi) is 7.93. The van der Waals surface area contributed by atoms with Crippen LogP contribution in [0.25, 0.3) is 10.2 Å². The quantitative estimate of drug-likeness (QED) is 0.291. The summed E-state index contributed by atoms with van der Waals surface area (Å²) in [6, 6.07) is 25.9.